The molecule has 3 aromatic rings. The Morgan fingerprint density at radius 2 is 1.78 bits per heavy atom. The number of aromatic nitrogens is 1. The van der Waals surface area contributed by atoms with Crippen molar-refractivity contribution >= 4 is 22.6 Å². The smallest absolute Gasteiger partial charge is 0.257 e. The van der Waals surface area contributed by atoms with Crippen molar-refractivity contribution in [1.82, 2.24) is 19.4 Å². The number of rotatable bonds is 7. The number of fused-ring (bicyclic) bond motifs is 1. The monoisotopic (exact) mass is 507 g/mol. The first-order chi connectivity index (χ1) is 17.5. The maximum absolute atomic E-state index is 13.8. The van der Waals surface area contributed by atoms with Gasteiger partial charge >= 0.3 is 0 Å². The molecule has 1 fully saturated rings. The van der Waals surface area contributed by atoms with Gasteiger partial charge in [-0.05, 0) is 37.6 Å². The summed E-state index contributed by atoms with van der Waals surface area (Å²) < 4.78 is 20.3. The third-order valence-electron chi connectivity index (χ3n) is 7.11. The number of nitrogen functional groups attached to an aromatic ring is 1. The fraction of sp³-hybridized carbons (Fsp3) is 0.357. The van der Waals surface area contributed by atoms with E-state index in [-0.39, 0.29) is 29.6 Å². The molecule has 1 saturated heterocycles. The van der Waals surface area contributed by atoms with Gasteiger partial charge in [0, 0.05) is 63.5 Å². The molecule has 0 unspecified atom stereocenters. The predicted octanol–water partition coefficient (Wildman–Crippen LogP) is 3.50. The summed E-state index contributed by atoms with van der Waals surface area (Å²) in [4.78, 5) is 32.7. The second-order valence-electron chi connectivity index (χ2n) is 9.90. The van der Waals surface area contributed by atoms with E-state index in [4.69, 9.17) is 10.6 Å². The zero-order chi connectivity index (χ0) is 27.0. The number of carbonyl (C=O) groups is 2. The molecule has 4 rings (SSSR count). The van der Waals surface area contributed by atoms with Crippen LogP contribution >= 0.6 is 0 Å². The summed E-state index contributed by atoms with van der Waals surface area (Å²) in [6, 6.07) is 9.91. The Hall–Kier alpha value is -3.85. The maximum Gasteiger partial charge on any atom is 0.257 e. The molecule has 0 radical (unpaired) electrons. The number of hydrogen-bond donors (Lipinski definition) is 1. The Labute approximate surface area is 216 Å². The van der Waals surface area contributed by atoms with Gasteiger partial charge < -0.3 is 20.4 Å². The number of carbonyl (C=O) groups excluding carboxylic acids is 2. The van der Waals surface area contributed by atoms with Crippen LogP contribution < -0.4 is 10.6 Å². The van der Waals surface area contributed by atoms with Gasteiger partial charge in [0.05, 0.1) is 29.5 Å². The van der Waals surface area contributed by atoms with Crippen molar-refractivity contribution in [3.8, 4) is 5.75 Å². The van der Waals surface area contributed by atoms with Gasteiger partial charge in [-0.2, -0.15) is 0 Å². The van der Waals surface area contributed by atoms with Crippen LogP contribution in [0.1, 0.15) is 40.1 Å². The molecular formula is C28H34FN5O3. The van der Waals surface area contributed by atoms with Crippen LogP contribution in [0.2, 0.25) is 0 Å². The third-order valence-corrected chi connectivity index (χ3v) is 7.11. The van der Waals surface area contributed by atoms with Gasteiger partial charge in [0.25, 0.3) is 5.91 Å². The molecule has 2 N–H and O–H groups in total. The highest BCUT2D eigenvalue weighted by Gasteiger charge is 2.34. The first-order valence-corrected chi connectivity index (χ1v) is 12.2. The topological polar surface area (TPSA) is 84.0 Å². The molecule has 2 atom stereocenters. The Morgan fingerprint density at radius 1 is 1.11 bits per heavy atom. The van der Waals surface area contributed by atoms with Gasteiger partial charge in [0.2, 0.25) is 5.78 Å². The number of ketones is 1. The number of benzene rings is 2. The fourth-order valence-electron chi connectivity index (χ4n) is 4.83. The molecule has 0 saturated carbocycles. The molecular weight excluding hydrogens is 473 g/mol. The summed E-state index contributed by atoms with van der Waals surface area (Å²) in [7, 11) is 5.00. The van der Waals surface area contributed by atoms with Crippen molar-refractivity contribution in [3.05, 3.63) is 77.4 Å². The van der Waals surface area contributed by atoms with Crippen molar-refractivity contribution in [1.29, 1.82) is 0 Å². The number of allylic oxidation sites excluding steroid dienone is 1. The lowest BCUT2D eigenvalue weighted by Crippen LogP contribution is -2.57. The molecule has 1 aliphatic heterocycles. The van der Waals surface area contributed by atoms with Gasteiger partial charge in [-0.1, -0.05) is 18.7 Å². The molecule has 0 spiro atoms. The molecule has 2 aromatic carbocycles. The zero-order valence-electron chi connectivity index (χ0n) is 22.0. The van der Waals surface area contributed by atoms with Crippen LogP contribution in [-0.4, -0.2) is 77.4 Å². The minimum Gasteiger partial charge on any atom is -0.496 e. The number of Topliss-reactive ketones (excluding diaryl/α,β-unsaturated/α-hetero) is 1. The van der Waals surface area contributed by atoms with Gasteiger partial charge in [0.1, 0.15) is 11.6 Å². The van der Waals surface area contributed by atoms with E-state index in [1.807, 2.05) is 11.8 Å². The molecule has 2 heterocycles. The zero-order valence-corrected chi connectivity index (χ0v) is 22.0. The number of nitrogens with two attached hydrogens (primary N) is 1. The molecule has 1 aromatic heterocycles. The fourth-order valence-corrected chi connectivity index (χ4v) is 4.83. The van der Waals surface area contributed by atoms with E-state index < -0.39 is 0 Å². The van der Waals surface area contributed by atoms with E-state index in [1.54, 1.807) is 49.5 Å². The molecule has 1 aliphatic rings. The van der Waals surface area contributed by atoms with Crippen LogP contribution in [0.4, 0.5) is 4.39 Å². The van der Waals surface area contributed by atoms with Gasteiger partial charge in [-0.3, -0.25) is 19.2 Å². The average molecular weight is 508 g/mol. The number of hydrogen-bond acceptors (Lipinski definition) is 6. The summed E-state index contributed by atoms with van der Waals surface area (Å²) in [5, 5.41) is 0.565. The minimum atomic E-state index is -0.265. The molecule has 0 bridgehead atoms. The van der Waals surface area contributed by atoms with Crippen LogP contribution in [0, 0.1) is 5.82 Å². The third kappa shape index (κ3) is 5.04. The van der Waals surface area contributed by atoms with Gasteiger partial charge in [-0.25, -0.2) is 4.39 Å². The Morgan fingerprint density at radius 3 is 2.41 bits per heavy atom. The Kier molecular flexibility index (Phi) is 7.27. The number of nitrogens with zero attached hydrogens (tertiary/aromatic N) is 4. The lowest BCUT2D eigenvalue weighted by Gasteiger charge is -2.44. The van der Waals surface area contributed by atoms with Crippen LogP contribution in [0.3, 0.4) is 0 Å². The molecule has 8 nitrogen and oxygen atoms in total. The predicted molar refractivity (Wildman–Crippen MR) is 143 cm³/mol. The standard InChI is InChI=1S/C28H34FN5O3/c1-17-14-33(18(2)13-32(17)15-20-7-9-21(29)10-8-20)28(36)23-11-22-24(27(35)19(3)31(4)5)16-34(30)25(22)12-26(23)37-6/h7-12,16-18H,3,13-15,30H2,1-2,4-6H3/t17-,18+/m0/s1. The SMILES string of the molecule is C=C(C(=O)c1cn(N)c2cc(OC)c(C(=O)N3C[C@H](C)N(Cc4ccc(F)cc4)C[C@H]3C)cc12)N(C)C. The molecule has 196 valence electrons. The van der Waals surface area contributed by atoms with Crippen molar-refractivity contribution < 1.29 is 18.7 Å². The summed E-state index contributed by atoms with van der Waals surface area (Å²) in [5.41, 5.74) is 2.66. The molecule has 37 heavy (non-hydrogen) atoms. The second-order valence-corrected chi connectivity index (χ2v) is 9.90. The average Bonchev–Trinajstić information content (AvgIpc) is 3.20. The Bertz CT molecular complexity index is 1350. The highest BCUT2D eigenvalue weighted by Crippen LogP contribution is 2.32. The summed E-state index contributed by atoms with van der Waals surface area (Å²) in [5.74, 6) is 5.85. The number of methoxy groups -OCH3 is 1. The van der Waals surface area contributed by atoms with E-state index in [9.17, 15) is 14.0 Å². The quantitative estimate of drug-likeness (QED) is 0.299. The summed E-state index contributed by atoms with van der Waals surface area (Å²) in [6.07, 6.45) is 1.55. The second kappa shape index (κ2) is 10.3. The summed E-state index contributed by atoms with van der Waals surface area (Å²) in [6.45, 7) is 9.82. The van der Waals surface area contributed by atoms with Crippen LogP contribution in [0.25, 0.3) is 10.9 Å². The lowest BCUT2D eigenvalue weighted by molar-refractivity contribution is 0.0288. The number of ether oxygens (including phenoxy) is 1. The van der Waals surface area contributed by atoms with Crippen molar-refractivity contribution in [2.75, 3.05) is 40.1 Å². The highest BCUT2D eigenvalue weighted by molar-refractivity contribution is 6.17. The Balaban J connectivity index is 1.63. The first-order valence-electron chi connectivity index (χ1n) is 12.2. The van der Waals surface area contributed by atoms with Crippen molar-refractivity contribution in [3.63, 3.8) is 0 Å². The maximum atomic E-state index is 13.8. The van der Waals surface area contributed by atoms with E-state index in [1.165, 1.54) is 23.9 Å². The van der Waals surface area contributed by atoms with Crippen molar-refractivity contribution in [2.45, 2.75) is 32.5 Å². The van der Waals surface area contributed by atoms with E-state index in [2.05, 4.69) is 18.4 Å². The number of halogens is 1. The van der Waals surface area contributed by atoms with Crippen LogP contribution in [0.5, 0.6) is 5.75 Å². The molecule has 1 amide bonds. The lowest BCUT2D eigenvalue weighted by atomic mass is 10.0. The van der Waals surface area contributed by atoms with Crippen LogP contribution in [0.15, 0.2) is 54.9 Å². The molecule has 0 aliphatic carbocycles. The van der Waals surface area contributed by atoms with Gasteiger partial charge in [0.15, 0.2) is 0 Å². The number of piperazine rings is 1. The van der Waals surface area contributed by atoms with E-state index in [0.29, 0.717) is 53.1 Å². The minimum absolute atomic E-state index is 0.0710. The summed E-state index contributed by atoms with van der Waals surface area (Å²) >= 11 is 0. The highest BCUT2D eigenvalue weighted by atomic mass is 19.1. The van der Waals surface area contributed by atoms with E-state index in [0.717, 1.165) is 5.56 Å². The van der Waals surface area contributed by atoms with E-state index >= 15 is 0 Å². The van der Waals surface area contributed by atoms with Gasteiger partial charge in [-0.15, -0.1) is 0 Å². The largest absolute Gasteiger partial charge is 0.496 e. The first kappa shape index (κ1) is 26.2. The molecule has 9 heteroatoms. The van der Waals surface area contributed by atoms with Crippen molar-refractivity contribution in [2.24, 2.45) is 0 Å². The number of likely N-dealkylation sites (N-methyl/N-ethyl adjacent to an activating group) is 1. The number of amides is 1. The van der Waals surface area contributed by atoms with Crippen LogP contribution in [-0.2, 0) is 6.54 Å². The normalized spacial score (nSPS) is 18.2.